The van der Waals surface area contributed by atoms with Crippen molar-refractivity contribution in [3.05, 3.63) is 35.5 Å². The number of carbonyl (C=O) groups is 1. The number of ether oxygens (including phenoxy) is 2. The SMILES string of the molecule is CCCC1(CC(=O)OCC)OC(Cl)C(Cl)c2c1[nH]c1ccccc21. The Morgan fingerprint density at radius 1 is 1.33 bits per heavy atom. The van der Waals surface area contributed by atoms with Crippen molar-refractivity contribution in [2.45, 2.75) is 49.7 Å². The molecule has 3 rings (SSSR count). The lowest BCUT2D eigenvalue weighted by atomic mass is 9.84. The number of alkyl halides is 2. The van der Waals surface area contributed by atoms with Gasteiger partial charge in [0.1, 0.15) is 11.0 Å². The summed E-state index contributed by atoms with van der Waals surface area (Å²) in [6.45, 7) is 4.18. The molecule has 3 unspecified atom stereocenters. The Bertz CT molecular complexity index is 745. The monoisotopic (exact) mass is 369 g/mol. The molecular formula is C18H21Cl2NO3. The molecule has 0 saturated heterocycles. The van der Waals surface area contributed by atoms with E-state index >= 15 is 0 Å². The van der Waals surface area contributed by atoms with Crippen LogP contribution >= 0.6 is 23.2 Å². The van der Waals surface area contributed by atoms with E-state index in [0.29, 0.717) is 13.0 Å². The Morgan fingerprint density at radius 3 is 2.79 bits per heavy atom. The highest BCUT2D eigenvalue weighted by molar-refractivity contribution is 6.30. The van der Waals surface area contributed by atoms with E-state index in [0.717, 1.165) is 28.6 Å². The molecule has 0 radical (unpaired) electrons. The Hall–Kier alpha value is -1.23. The third-order valence-electron chi connectivity index (χ3n) is 4.43. The normalized spacial score (nSPS) is 26.3. The number of hydrogen-bond acceptors (Lipinski definition) is 3. The maximum absolute atomic E-state index is 12.2. The summed E-state index contributed by atoms with van der Waals surface area (Å²) in [6, 6.07) is 7.92. The lowest BCUT2D eigenvalue weighted by Crippen LogP contribution is -2.41. The molecule has 1 aromatic heterocycles. The van der Waals surface area contributed by atoms with E-state index in [4.69, 9.17) is 32.7 Å². The highest BCUT2D eigenvalue weighted by atomic mass is 35.5. The lowest BCUT2D eigenvalue weighted by molar-refractivity contribution is -0.157. The molecule has 6 heteroatoms. The predicted octanol–water partition coefficient (Wildman–Crippen LogP) is 4.99. The summed E-state index contributed by atoms with van der Waals surface area (Å²) in [7, 11) is 0. The maximum atomic E-state index is 12.2. The number of aromatic nitrogens is 1. The van der Waals surface area contributed by atoms with E-state index < -0.39 is 16.5 Å². The fourth-order valence-corrected chi connectivity index (χ4v) is 4.10. The molecular weight excluding hydrogens is 349 g/mol. The highest BCUT2D eigenvalue weighted by Crippen LogP contribution is 2.51. The summed E-state index contributed by atoms with van der Waals surface area (Å²) < 4.78 is 11.3. The van der Waals surface area contributed by atoms with Gasteiger partial charge in [0.05, 0.1) is 18.7 Å². The quantitative estimate of drug-likeness (QED) is 0.596. The van der Waals surface area contributed by atoms with Gasteiger partial charge in [0.2, 0.25) is 0 Å². The van der Waals surface area contributed by atoms with Gasteiger partial charge in [-0.25, -0.2) is 0 Å². The maximum Gasteiger partial charge on any atom is 0.309 e. The molecule has 24 heavy (non-hydrogen) atoms. The number of rotatable bonds is 5. The smallest absolute Gasteiger partial charge is 0.309 e. The van der Waals surface area contributed by atoms with Crippen molar-refractivity contribution in [1.29, 1.82) is 0 Å². The first kappa shape index (κ1) is 17.6. The average molecular weight is 370 g/mol. The first-order valence-corrected chi connectivity index (χ1v) is 9.12. The molecule has 1 aliphatic rings. The van der Waals surface area contributed by atoms with E-state index in [1.165, 1.54) is 0 Å². The van der Waals surface area contributed by atoms with Crippen molar-refractivity contribution < 1.29 is 14.3 Å². The van der Waals surface area contributed by atoms with Crippen molar-refractivity contribution in [3.63, 3.8) is 0 Å². The third-order valence-corrected chi connectivity index (χ3v) is 5.35. The zero-order valence-electron chi connectivity index (χ0n) is 13.8. The molecule has 3 atom stereocenters. The minimum atomic E-state index is -0.840. The summed E-state index contributed by atoms with van der Waals surface area (Å²) in [4.78, 5) is 15.6. The number of halogens is 2. The van der Waals surface area contributed by atoms with Crippen molar-refractivity contribution in [2.24, 2.45) is 0 Å². The van der Waals surface area contributed by atoms with Crippen LogP contribution in [0.25, 0.3) is 10.9 Å². The summed E-state index contributed by atoms with van der Waals surface area (Å²) in [5, 5.41) is 0.538. The van der Waals surface area contributed by atoms with Gasteiger partial charge < -0.3 is 14.5 Å². The number of aromatic amines is 1. The van der Waals surface area contributed by atoms with Gasteiger partial charge in [-0.3, -0.25) is 4.79 Å². The molecule has 1 aliphatic heterocycles. The van der Waals surface area contributed by atoms with Gasteiger partial charge in [0.25, 0.3) is 0 Å². The molecule has 1 aromatic carbocycles. The highest BCUT2D eigenvalue weighted by Gasteiger charge is 2.48. The van der Waals surface area contributed by atoms with Crippen LogP contribution in [0.5, 0.6) is 0 Å². The zero-order valence-corrected chi connectivity index (χ0v) is 15.3. The number of hydrogen-bond donors (Lipinski definition) is 1. The Kier molecular flexibility index (Phi) is 5.09. The van der Waals surface area contributed by atoms with Crippen LogP contribution in [-0.4, -0.2) is 23.1 Å². The number of H-pyrrole nitrogens is 1. The van der Waals surface area contributed by atoms with Crippen LogP contribution in [0, 0.1) is 0 Å². The van der Waals surface area contributed by atoms with Crippen molar-refractivity contribution in [2.75, 3.05) is 6.61 Å². The van der Waals surface area contributed by atoms with Crippen molar-refractivity contribution in [1.82, 2.24) is 4.98 Å². The largest absolute Gasteiger partial charge is 0.466 e. The molecule has 2 heterocycles. The summed E-state index contributed by atoms with van der Waals surface area (Å²) >= 11 is 13.0. The van der Waals surface area contributed by atoms with Crippen LogP contribution in [0.2, 0.25) is 0 Å². The molecule has 0 spiro atoms. The summed E-state index contributed by atoms with van der Waals surface area (Å²) in [5.41, 5.74) is 1.19. The minimum absolute atomic E-state index is 0.112. The van der Waals surface area contributed by atoms with Crippen molar-refractivity contribution in [3.8, 4) is 0 Å². The Labute approximate surface area is 151 Å². The van der Waals surface area contributed by atoms with Gasteiger partial charge >= 0.3 is 5.97 Å². The second kappa shape index (κ2) is 6.95. The molecule has 0 bridgehead atoms. The second-order valence-corrected chi connectivity index (χ2v) is 6.96. The molecule has 0 fully saturated rings. The third kappa shape index (κ3) is 2.92. The van der Waals surface area contributed by atoms with Crippen LogP contribution in [0.15, 0.2) is 24.3 Å². The molecule has 0 saturated carbocycles. The van der Waals surface area contributed by atoms with E-state index in [9.17, 15) is 4.79 Å². The molecule has 0 amide bonds. The van der Waals surface area contributed by atoms with Gasteiger partial charge in [0, 0.05) is 16.5 Å². The minimum Gasteiger partial charge on any atom is -0.466 e. The molecule has 4 nitrogen and oxygen atoms in total. The van der Waals surface area contributed by atoms with E-state index in [1.54, 1.807) is 6.92 Å². The standard InChI is InChI=1S/C18H21Cl2NO3/c1-3-9-18(10-13(22)23-4-2)16-14(15(19)17(20)24-18)11-7-5-6-8-12(11)21-16/h5-8,15,17,21H,3-4,9-10H2,1-2H3. The molecule has 2 aromatic rings. The summed E-state index contributed by atoms with van der Waals surface area (Å²) in [6.07, 6.45) is 1.60. The fraction of sp³-hybridized carbons (Fsp3) is 0.500. The van der Waals surface area contributed by atoms with Gasteiger partial charge in [-0.1, -0.05) is 43.1 Å². The van der Waals surface area contributed by atoms with Crippen LogP contribution in [0.3, 0.4) is 0 Å². The van der Waals surface area contributed by atoms with E-state index in [1.807, 2.05) is 24.3 Å². The average Bonchev–Trinajstić information content (AvgIpc) is 2.94. The van der Waals surface area contributed by atoms with E-state index in [-0.39, 0.29) is 12.4 Å². The number of nitrogens with one attached hydrogen (secondary N) is 1. The lowest BCUT2D eigenvalue weighted by Gasteiger charge is -2.40. The van der Waals surface area contributed by atoms with Gasteiger partial charge in [-0.05, 0) is 19.4 Å². The van der Waals surface area contributed by atoms with Crippen LogP contribution < -0.4 is 0 Å². The first-order valence-electron chi connectivity index (χ1n) is 8.25. The van der Waals surface area contributed by atoms with E-state index in [2.05, 4.69) is 11.9 Å². The Balaban J connectivity index is 2.16. The van der Waals surface area contributed by atoms with Crippen LogP contribution in [0.4, 0.5) is 0 Å². The Morgan fingerprint density at radius 2 is 2.08 bits per heavy atom. The van der Waals surface area contributed by atoms with Crippen LogP contribution in [-0.2, 0) is 19.9 Å². The molecule has 130 valence electrons. The van der Waals surface area contributed by atoms with Crippen LogP contribution in [0.1, 0.15) is 49.7 Å². The number of esters is 1. The summed E-state index contributed by atoms with van der Waals surface area (Å²) in [5.74, 6) is -0.299. The second-order valence-electron chi connectivity index (χ2n) is 6.06. The van der Waals surface area contributed by atoms with Gasteiger partial charge in [-0.15, -0.1) is 11.6 Å². The van der Waals surface area contributed by atoms with Crippen molar-refractivity contribution >= 4 is 40.1 Å². The number of carbonyl (C=O) groups excluding carboxylic acids is 1. The predicted molar refractivity (Wildman–Crippen MR) is 95.5 cm³/mol. The topological polar surface area (TPSA) is 51.3 Å². The number of benzene rings is 1. The van der Waals surface area contributed by atoms with Gasteiger partial charge in [0.15, 0.2) is 5.56 Å². The first-order chi connectivity index (χ1) is 11.5. The fourth-order valence-electron chi connectivity index (χ4n) is 3.53. The zero-order chi connectivity index (χ0) is 17.3. The number of fused-ring (bicyclic) bond motifs is 3. The molecule has 0 aliphatic carbocycles. The van der Waals surface area contributed by atoms with Gasteiger partial charge in [-0.2, -0.15) is 0 Å². The number of para-hydroxylation sites is 1. The molecule has 1 N–H and O–H groups in total.